The third kappa shape index (κ3) is 6.12. The molecule has 0 bridgehead atoms. The van der Waals surface area contributed by atoms with Crippen molar-refractivity contribution in [1.82, 2.24) is 15.1 Å². The van der Waals surface area contributed by atoms with Gasteiger partial charge in [-0.15, -0.1) is 0 Å². The molecule has 2 aromatic carbocycles. The van der Waals surface area contributed by atoms with Crippen LogP contribution in [0.15, 0.2) is 36.4 Å². The topological polar surface area (TPSA) is 63.3 Å². The molecule has 0 saturated carbocycles. The number of piperazine rings is 1. The largest absolute Gasteiger partial charge is 0.496 e. The molecule has 7 nitrogen and oxygen atoms in total. The van der Waals surface area contributed by atoms with Crippen molar-refractivity contribution in [2.75, 3.05) is 54.1 Å². The zero-order chi connectivity index (χ0) is 22.2. The number of nitrogens with zero attached hydrogens (tertiary/aromatic N) is 2. The van der Waals surface area contributed by atoms with Gasteiger partial charge in [0.1, 0.15) is 5.75 Å². The van der Waals surface area contributed by atoms with Gasteiger partial charge < -0.3 is 19.5 Å². The molecule has 0 radical (unpaired) electrons. The lowest BCUT2D eigenvalue weighted by Crippen LogP contribution is -2.49. The van der Waals surface area contributed by atoms with Crippen LogP contribution >= 0.6 is 0 Å². The molecule has 1 heterocycles. The first-order chi connectivity index (χ1) is 15.0. The molecule has 1 aliphatic rings. The normalized spacial score (nSPS) is 14.8. The maximum Gasteiger partial charge on any atom is 0.234 e. The molecule has 0 spiro atoms. The smallest absolute Gasteiger partial charge is 0.234 e. The molecule has 1 aliphatic heterocycles. The van der Waals surface area contributed by atoms with Crippen molar-refractivity contribution in [2.45, 2.75) is 20.0 Å². The zero-order valence-corrected chi connectivity index (χ0v) is 18.9. The van der Waals surface area contributed by atoms with Gasteiger partial charge in [0.25, 0.3) is 0 Å². The number of aryl methyl sites for hydroxylation is 1. The molecule has 3 rings (SSSR count). The molecule has 7 heteroatoms. The Balaban J connectivity index is 1.46. The van der Waals surface area contributed by atoms with E-state index >= 15 is 0 Å². The fourth-order valence-electron chi connectivity index (χ4n) is 3.84. The van der Waals surface area contributed by atoms with Crippen molar-refractivity contribution in [3.8, 4) is 17.2 Å². The molecular weight excluding hydrogens is 394 g/mol. The van der Waals surface area contributed by atoms with E-state index in [1.54, 1.807) is 21.3 Å². The highest BCUT2D eigenvalue weighted by atomic mass is 16.5. The van der Waals surface area contributed by atoms with E-state index in [1.165, 1.54) is 11.1 Å². The molecule has 0 atom stereocenters. The summed E-state index contributed by atoms with van der Waals surface area (Å²) in [6.45, 7) is 7.43. The van der Waals surface area contributed by atoms with Crippen LogP contribution < -0.4 is 19.5 Å². The molecule has 2 aromatic rings. The summed E-state index contributed by atoms with van der Waals surface area (Å²) in [6, 6.07) is 11.8. The minimum absolute atomic E-state index is 0.0371. The number of para-hydroxylation sites is 1. The number of ether oxygens (including phenoxy) is 3. The van der Waals surface area contributed by atoms with Crippen LogP contribution in [0.2, 0.25) is 0 Å². The first-order valence-corrected chi connectivity index (χ1v) is 10.6. The van der Waals surface area contributed by atoms with Crippen molar-refractivity contribution in [3.63, 3.8) is 0 Å². The number of carbonyl (C=O) groups excluding carboxylic acids is 1. The van der Waals surface area contributed by atoms with Crippen LogP contribution in [0.3, 0.4) is 0 Å². The molecule has 1 saturated heterocycles. The van der Waals surface area contributed by atoms with Gasteiger partial charge in [-0.25, -0.2) is 0 Å². The second-order valence-corrected chi connectivity index (χ2v) is 7.77. The van der Waals surface area contributed by atoms with Gasteiger partial charge in [0.2, 0.25) is 5.91 Å². The average molecular weight is 428 g/mol. The van der Waals surface area contributed by atoms with E-state index in [2.05, 4.69) is 28.1 Å². The summed E-state index contributed by atoms with van der Waals surface area (Å²) in [5.74, 6) is 2.35. The Morgan fingerprint density at radius 1 is 0.871 bits per heavy atom. The fourth-order valence-corrected chi connectivity index (χ4v) is 3.84. The minimum Gasteiger partial charge on any atom is -0.496 e. The summed E-state index contributed by atoms with van der Waals surface area (Å²) in [6.07, 6.45) is 0. The maximum atomic E-state index is 12.4. The molecule has 0 unspecified atom stereocenters. The maximum absolute atomic E-state index is 12.4. The highest BCUT2D eigenvalue weighted by Crippen LogP contribution is 2.31. The predicted octanol–water partition coefficient (Wildman–Crippen LogP) is 2.45. The van der Waals surface area contributed by atoms with Crippen LogP contribution in [0.1, 0.15) is 16.7 Å². The van der Waals surface area contributed by atoms with Gasteiger partial charge in [-0.2, -0.15) is 0 Å². The van der Waals surface area contributed by atoms with Crippen LogP contribution in [0.4, 0.5) is 0 Å². The summed E-state index contributed by atoms with van der Waals surface area (Å²) in [5, 5.41) is 3.00. The van der Waals surface area contributed by atoms with E-state index in [1.807, 2.05) is 30.3 Å². The summed E-state index contributed by atoms with van der Waals surface area (Å²) >= 11 is 0. The molecule has 0 aromatic heterocycles. The summed E-state index contributed by atoms with van der Waals surface area (Å²) in [4.78, 5) is 17.0. The number of hydrogen-bond acceptors (Lipinski definition) is 6. The standard InChI is InChI=1S/C24H33N3O4/c1-18-13-22(30-3)23(31-4)14-20(18)16-26-9-11-27(12-10-26)17-24(28)25-15-19-7-5-6-8-21(19)29-2/h5-8,13-14H,9-12,15-17H2,1-4H3,(H,25,28). The number of methoxy groups -OCH3 is 3. The molecular formula is C24H33N3O4. The number of hydrogen-bond donors (Lipinski definition) is 1. The van der Waals surface area contributed by atoms with Crippen molar-refractivity contribution in [3.05, 3.63) is 53.1 Å². The Morgan fingerprint density at radius 3 is 2.16 bits per heavy atom. The van der Waals surface area contributed by atoms with E-state index in [0.29, 0.717) is 13.1 Å². The summed E-state index contributed by atoms with van der Waals surface area (Å²) in [5.41, 5.74) is 3.41. The van der Waals surface area contributed by atoms with Crippen molar-refractivity contribution in [2.24, 2.45) is 0 Å². The van der Waals surface area contributed by atoms with Gasteiger partial charge in [-0.3, -0.25) is 14.6 Å². The third-order valence-corrected chi connectivity index (χ3v) is 5.74. The highest BCUT2D eigenvalue weighted by molar-refractivity contribution is 5.78. The average Bonchev–Trinajstić information content (AvgIpc) is 2.80. The van der Waals surface area contributed by atoms with E-state index in [9.17, 15) is 4.79 Å². The summed E-state index contributed by atoms with van der Waals surface area (Å²) < 4.78 is 16.2. The van der Waals surface area contributed by atoms with E-state index in [-0.39, 0.29) is 5.91 Å². The van der Waals surface area contributed by atoms with Crippen molar-refractivity contribution >= 4 is 5.91 Å². The van der Waals surface area contributed by atoms with Gasteiger partial charge in [-0.05, 0) is 36.2 Å². The minimum atomic E-state index is 0.0371. The molecule has 1 N–H and O–H groups in total. The number of carbonyl (C=O) groups is 1. The Labute approximate surface area is 184 Å². The van der Waals surface area contributed by atoms with E-state index < -0.39 is 0 Å². The molecule has 1 amide bonds. The van der Waals surface area contributed by atoms with Crippen LogP contribution in [0, 0.1) is 6.92 Å². The van der Waals surface area contributed by atoms with Gasteiger partial charge in [0, 0.05) is 44.8 Å². The SMILES string of the molecule is COc1ccccc1CNC(=O)CN1CCN(Cc2cc(OC)c(OC)cc2C)CC1. The Morgan fingerprint density at radius 2 is 1.48 bits per heavy atom. The van der Waals surface area contributed by atoms with E-state index in [4.69, 9.17) is 14.2 Å². The number of amides is 1. The molecule has 0 aliphatic carbocycles. The van der Waals surface area contributed by atoms with Crippen LogP contribution in [0.25, 0.3) is 0 Å². The Kier molecular flexibility index (Phi) is 8.14. The van der Waals surface area contributed by atoms with Crippen LogP contribution in [-0.4, -0.2) is 69.8 Å². The van der Waals surface area contributed by atoms with Crippen LogP contribution in [-0.2, 0) is 17.9 Å². The second-order valence-electron chi connectivity index (χ2n) is 7.77. The lowest BCUT2D eigenvalue weighted by atomic mass is 10.1. The second kappa shape index (κ2) is 11.0. The van der Waals surface area contributed by atoms with Gasteiger partial charge >= 0.3 is 0 Å². The molecule has 1 fully saturated rings. The van der Waals surface area contributed by atoms with E-state index in [0.717, 1.165) is 55.5 Å². The van der Waals surface area contributed by atoms with Gasteiger partial charge in [-0.1, -0.05) is 18.2 Å². The fraction of sp³-hybridized carbons (Fsp3) is 0.458. The Hall–Kier alpha value is -2.77. The van der Waals surface area contributed by atoms with Gasteiger partial charge in [0.05, 0.1) is 27.9 Å². The predicted molar refractivity (Wildman–Crippen MR) is 121 cm³/mol. The van der Waals surface area contributed by atoms with Crippen molar-refractivity contribution < 1.29 is 19.0 Å². The first-order valence-electron chi connectivity index (χ1n) is 10.6. The first kappa shape index (κ1) is 22.9. The molecule has 31 heavy (non-hydrogen) atoms. The lowest BCUT2D eigenvalue weighted by molar-refractivity contribution is -0.122. The lowest BCUT2D eigenvalue weighted by Gasteiger charge is -2.34. The number of nitrogens with one attached hydrogen (secondary N) is 1. The summed E-state index contributed by atoms with van der Waals surface area (Å²) in [7, 11) is 4.96. The van der Waals surface area contributed by atoms with Gasteiger partial charge in [0.15, 0.2) is 11.5 Å². The van der Waals surface area contributed by atoms with Crippen molar-refractivity contribution in [1.29, 1.82) is 0 Å². The number of rotatable bonds is 9. The third-order valence-electron chi connectivity index (χ3n) is 5.74. The zero-order valence-electron chi connectivity index (χ0n) is 18.9. The monoisotopic (exact) mass is 427 g/mol. The quantitative estimate of drug-likeness (QED) is 0.663. The van der Waals surface area contributed by atoms with Crippen LogP contribution in [0.5, 0.6) is 17.2 Å². The highest BCUT2D eigenvalue weighted by Gasteiger charge is 2.20. The molecule has 168 valence electrons. The Bertz CT molecular complexity index is 879. The number of benzene rings is 2.